The van der Waals surface area contributed by atoms with Gasteiger partial charge in [0.2, 0.25) is 11.8 Å². The van der Waals surface area contributed by atoms with Gasteiger partial charge in [0.15, 0.2) is 0 Å². The van der Waals surface area contributed by atoms with Gasteiger partial charge in [-0.25, -0.2) is 0 Å². The molecule has 182 valence electrons. The highest BCUT2D eigenvalue weighted by Crippen LogP contribution is 2.36. The van der Waals surface area contributed by atoms with Crippen molar-refractivity contribution in [3.63, 3.8) is 0 Å². The summed E-state index contributed by atoms with van der Waals surface area (Å²) in [5.41, 5.74) is 3.84. The van der Waals surface area contributed by atoms with Crippen LogP contribution in [-0.2, 0) is 16.2 Å². The van der Waals surface area contributed by atoms with Crippen molar-refractivity contribution in [2.45, 2.75) is 25.9 Å². The van der Waals surface area contributed by atoms with E-state index in [1.165, 1.54) is 0 Å². The highest BCUT2D eigenvalue weighted by atomic mass is 35.5. The molecule has 0 unspecified atom stereocenters. The first-order valence-corrected chi connectivity index (χ1v) is 12.7. The molecule has 3 aromatic carbocycles. The van der Waals surface area contributed by atoms with Crippen molar-refractivity contribution in [1.29, 1.82) is 5.26 Å². The lowest BCUT2D eigenvalue weighted by atomic mass is 9.87. The van der Waals surface area contributed by atoms with Crippen LogP contribution in [0.25, 0.3) is 0 Å². The number of allylic oxidation sites excluding steroid dienone is 1. The van der Waals surface area contributed by atoms with Gasteiger partial charge in [-0.05, 0) is 47.9 Å². The number of benzene rings is 3. The van der Waals surface area contributed by atoms with E-state index in [0.717, 1.165) is 28.5 Å². The molecule has 1 atom stereocenters. The molecule has 0 saturated carbocycles. The highest BCUT2D eigenvalue weighted by Gasteiger charge is 2.30. The summed E-state index contributed by atoms with van der Waals surface area (Å²) in [6.07, 6.45) is 0.158. The highest BCUT2D eigenvalue weighted by molar-refractivity contribution is 8.03. The van der Waals surface area contributed by atoms with E-state index in [4.69, 9.17) is 16.3 Å². The van der Waals surface area contributed by atoms with Gasteiger partial charge in [-0.2, -0.15) is 5.26 Å². The standard InChI is InChI=1S/C28H24ClN3O3S/c1-18-7-10-21(13-25(18)29)31-27(34)17-36-28-24(15-30)23(14-26(33)32-28)20-8-11-22(12-9-20)35-16-19-5-3-2-4-6-19/h2-13,23H,14,16-17H2,1H3,(H,31,34)(H,32,33)/t23-/m1/s1. The summed E-state index contributed by atoms with van der Waals surface area (Å²) in [7, 11) is 0. The predicted octanol–water partition coefficient (Wildman–Crippen LogP) is 5.94. The quantitative estimate of drug-likeness (QED) is 0.386. The fraction of sp³-hybridized carbons (Fsp3) is 0.179. The molecular weight excluding hydrogens is 494 g/mol. The van der Waals surface area contributed by atoms with Crippen LogP contribution in [0.3, 0.4) is 0 Å². The van der Waals surface area contributed by atoms with Crippen molar-refractivity contribution in [3.05, 3.63) is 105 Å². The molecule has 36 heavy (non-hydrogen) atoms. The van der Waals surface area contributed by atoms with Crippen LogP contribution in [0.5, 0.6) is 5.75 Å². The number of thioether (sulfide) groups is 1. The number of amides is 2. The molecule has 0 radical (unpaired) electrons. The Morgan fingerprint density at radius 2 is 1.92 bits per heavy atom. The number of rotatable bonds is 8. The van der Waals surface area contributed by atoms with Gasteiger partial charge in [-0.3, -0.25) is 9.59 Å². The number of anilines is 1. The third-order valence-corrected chi connectivity index (χ3v) is 7.11. The smallest absolute Gasteiger partial charge is 0.234 e. The largest absolute Gasteiger partial charge is 0.489 e. The molecule has 0 aromatic heterocycles. The van der Waals surface area contributed by atoms with Gasteiger partial charge in [0, 0.05) is 23.0 Å². The van der Waals surface area contributed by atoms with Gasteiger partial charge < -0.3 is 15.4 Å². The Labute approximate surface area is 219 Å². The second-order valence-corrected chi connectivity index (χ2v) is 9.70. The van der Waals surface area contributed by atoms with Gasteiger partial charge in [-0.1, -0.05) is 71.9 Å². The molecule has 3 aromatic rings. The summed E-state index contributed by atoms with van der Waals surface area (Å²) in [5, 5.41) is 16.4. The van der Waals surface area contributed by atoms with Crippen LogP contribution in [-0.4, -0.2) is 17.6 Å². The molecule has 0 bridgehead atoms. The maximum atomic E-state index is 12.5. The van der Waals surface area contributed by atoms with Crippen molar-refractivity contribution >= 4 is 40.9 Å². The lowest BCUT2D eigenvalue weighted by Crippen LogP contribution is -2.31. The van der Waals surface area contributed by atoms with Crippen LogP contribution in [0.15, 0.2) is 83.4 Å². The zero-order valence-corrected chi connectivity index (χ0v) is 21.2. The summed E-state index contributed by atoms with van der Waals surface area (Å²) in [6, 6.07) is 24.8. The van der Waals surface area contributed by atoms with E-state index in [1.807, 2.05) is 67.6 Å². The Morgan fingerprint density at radius 1 is 1.17 bits per heavy atom. The SMILES string of the molecule is Cc1ccc(NC(=O)CSC2=C(C#N)[C@@H](c3ccc(OCc4ccccc4)cc3)CC(=O)N2)cc1Cl. The Hall–Kier alpha value is -3.73. The number of nitrogens with zero attached hydrogens (tertiary/aromatic N) is 1. The maximum Gasteiger partial charge on any atom is 0.234 e. The first-order valence-electron chi connectivity index (χ1n) is 11.3. The second-order valence-electron chi connectivity index (χ2n) is 8.30. The molecule has 0 aliphatic carbocycles. The van der Waals surface area contributed by atoms with E-state index >= 15 is 0 Å². The molecule has 4 rings (SSSR count). The minimum Gasteiger partial charge on any atom is -0.489 e. The zero-order chi connectivity index (χ0) is 25.5. The molecule has 1 aliphatic rings. The van der Waals surface area contributed by atoms with Gasteiger partial charge in [0.1, 0.15) is 12.4 Å². The topological polar surface area (TPSA) is 91.2 Å². The molecule has 1 heterocycles. The summed E-state index contributed by atoms with van der Waals surface area (Å²) < 4.78 is 5.84. The minimum atomic E-state index is -0.395. The van der Waals surface area contributed by atoms with Crippen molar-refractivity contribution < 1.29 is 14.3 Å². The number of carbonyl (C=O) groups is 2. The van der Waals surface area contributed by atoms with E-state index in [2.05, 4.69) is 16.7 Å². The molecule has 0 spiro atoms. The molecule has 1 aliphatic heterocycles. The minimum absolute atomic E-state index is 0.0330. The lowest BCUT2D eigenvalue weighted by Gasteiger charge is -2.25. The number of ether oxygens (including phenoxy) is 1. The zero-order valence-electron chi connectivity index (χ0n) is 19.6. The average molecular weight is 518 g/mol. The fourth-order valence-electron chi connectivity index (χ4n) is 3.76. The van der Waals surface area contributed by atoms with Gasteiger partial charge in [0.05, 0.1) is 22.4 Å². The van der Waals surface area contributed by atoms with Crippen LogP contribution >= 0.6 is 23.4 Å². The number of nitriles is 1. The Kier molecular flexibility index (Phi) is 8.32. The number of hydrogen-bond donors (Lipinski definition) is 2. The molecular formula is C28H24ClN3O3S. The number of aryl methyl sites for hydroxylation is 1. The summed E-state index contributed by atoms with van der Waals surface area (Å²) >= 11 is 7.26. The number of halogens is 1. The van der Waals surface area contributed by atoms with E-state index in [0.29, 0.717) is 33.7 Å². The third kappa shape index (κ3) is 6.48. The molecule has 2 amide bonds. The summed E-state index contributed by atoms with van der Waals surface area (Å²) in [4.78, 5) is 24.9. The predicted molar refractivity (Wildman–Crippen MR) is 143 cm³/mol. The number of nitrogens with one attached hydrogen (secondary N) is 2. The first kappa shape index (κ1) is 25.4. The normalized spacial score (nSPS) is 15.1. The van der Waals surface area contributed by atoms with E-state index in [1.54, 1.807) is 12.1 Å². The van der Waals surface area contributed by atoms with Crippen molar-refractivity contribution in [2.75, 3.05) is 11.1 Å². The first-order chi connectivity index (χ1) is 17.4. The molecule has 0 saturated heterocycles. The molecule has 2 N–H and O–H groups in total. The van der Waals surface area contributed by atoms with Gasteiger partial charge >= 0.3 is 0 Å². The third-order valence-electron chi connectivity index (χ3n) is 5.69. The van der Waals surface area contributed by atoms with E-state index < -0.39 is 5.92 Å². The fourth-order valence-corrected chi connectivity index (χ4v) is 4.82. The number of carbonyl (C=O) groups excluding carboxylic acids is 2. The van der Waals surface area contributed by atoms with Crippen molar-refractivity contribution in [3.8, 4) is 11.8 Å². The van der Waals surface area contributed by atoms with Gasteiger partial charge in [0.25, 0.3) is 0 Å². The average Bonchev–Trinajstić information content (AvgIpc) is 2.89. The Balaban J connectivity index is 1.42. The Bertz CT molecular complexity index is 1330. The van der Waals surface area contributed by atoms with Crippen molar-refractivity contribution in [2.24, 2.45) is 0 Å². The second kappa shape index (κ2) is 11.8. The van der Waals surface area contributed by atoms with Crippen molar-refractivity contribution in [1.82, 2.24) is 5.32 Å². The molecule has 8 heteroatoms. The lowest BCUT2D eigenvalue weighted by molar-refractivity contribution is -0.121. The monoisotopic (exact) mass is 517 g/mol. The van der Waals surface area contributed by atoms with Crippen LogP contribution in [0.1, 0.15) is 29.0 Å². The molecule has 0 fully saturated rings. The van der Waals surface area contributed by atoms with Crippen LogP contribution in [0.2, 0.25) is 5.02 Å². The molecule has 6 nitrogen and oxygen atoms in total. The summed E-state index contributed by atoms with van der Waals surface area (Å²) in [6.45, 7) is 2.33. The number of hydrogen-bond acceptors (Lipinski definition) is 5. The van der Waals surface area contributed by atoms with Crippen LogP contribution < -0.4 is 15.4 Å². The van der Waals surface area contributed by atoms with Crippen LogP contribution in [0.4, 0.5) is 5.69 Å². The van der Waals surface area contributed by atoms with Gasteiger partial charge in [-0.15, -0.1) is 0 Å². The van der Waals surface area contributed by atoms with Crippen LogP contribution in [0, 0.1) is 18.3 Å². The van der Waals surface area contributed by atoms with E-state index in [-0.39, 0.29) is 24.0 Å². The Morgan fingerprint density at radius 3 is 2.61 bits per heavy atom. The van der Waals surface area contributed by atoms with E-state index in [9.17, 15) is 14.9 Å². The summed E-state index contributed by atoms with van der Waals surface area (Å²) in [5.74, 6) is -0.121. The maximum absolute atomic E-state index is 12.5.